The fraction of sp³-hybridized carbons (Fsp3) is 1.00. The second kappa shape index (κ2) is 5.92. The lowest BCUT2D eigenvalue weighted by Gasteiger charge is -2.46. The van der Waals surface area contributed by atoms with Gasteiger partial charge in [-0.05, 0) is 44.9 Å². The molecule has 110 valence electrons. The molecule has 3 rings (SSSR count). The summed E-state index contributed by atoms with van der Waals surface area (Å²) < 4.78 is 6.14. The van der Waals surface area contributed by atoms with E-state index >= 15 is 0 Å². The SMILES string of the molecule is CN(C1CCOC2(CCSC2)C1)C1CCCCC1N. The zero-order valence-corrected chi connectivity index (χ0v) is 13.0. The first kappa shape index (κ1) is 14.2. The first-order chi connectivity index (χ1) is 9.20. The van der Waals surface area contributed by atoms with Crippen LogP contribution in [0.5, 0.6) is 0 Å². The van der Waals surface area contributed by atoms with Crippen LogP contribution in [0, 0.1) is 0 Å². The van der Waals surface area contributed by atoms with Crippen LogP contribution in [0.3, 0.4) is 0 Å². The van der Waals surface area contributed by atoms with E-state index < -0.39 is 0 Å². The normalized spacial score (nSPS) is 44.1. The van der Waals surface area contributed by atoms with E-state index in [1.54, 1.807) is 0 Å². The van der Waals surface area contributed by atoms with Crippen LogP contribution in [-0.4, -0.2) is 53.8 Å². The molecular weight excluding hydrogens is 256 g/mol. The van der Waals surface area contributed by atoms with Gasteiger partial charge in [-0.3, -0.25) is 4.90 Å². The van der Waals surface area contributed by atoms with Gasteiger partial charge < -0.3 is 10.5 Å². The molecule has 3 aliphatic rings. The molecule has 4 unspecified atom stereocenters. The highest BCUT2D eigenvalue weighted by Crippen LogP contribution is 2.40. The number of hydrogen-bond acceptors (Lipinski definition) is 4. The summed E-state index contributed by atoms with van der Waals surface area (Å²) in [4.78, 5) is 2.61. The molecule has 19 heavy (non-hydrogen) atoms. The third-order valence-corrected chi connectivity index (χ3v) is 6.64. The van der Waals surface area contributed by atoms with Crippen LogP contribution in [0.15, 0.2) is 0 Å². The second-order valence-corrected chi connectivity index (χ2v) is 7.77. The van der Waals surface area contributed by atoms with Crippen molar-refractivity contribution in [1.29, 1.82) is 0 Å². The Morgan fingerprint density at radius 1 is 1.26 bits per heavy atom. The summed E-state index contributed by atoms with van der Waals surface area (Å²) in [7, 11) is 2.31. The maximum absolute atomic E-state index is 6.35. The molecule has 0 aromatic rings. The Balaban J connectivity index is 1.64. The van der Waals surface area contributed by atoms with Crippen LogP contribution in [-0.2, 0) is 4.74 Å². The molecule has 0 radical (unpaired) electrons. The molecule has 0 aromatic heterocycles. The third kappa shape index (κ3) is 2.97. The summed E-state index contributed by atoms with van der Waals surface area (Å²) in [5, 5.41) is 0. The molecule has 4 atom stereocenters. The monoisotopic (exact) mass is 284 g/mol. The Hall–Kier alpha value is 0.230. The minimum absolute atomic E-state index is 0.195. The van der Waals surface area contributed by atoms with E-state index in [4.69, 9.17) is 10.5 Å². The Kier molecular flexibility index (Phi) is 4.42. The van der Waals surface area contributed by atoms with Crippen molar-refractivity contribution in [3.05, 3.63) is 0 Å². The van der Waals surface area contributed by atoms with Crippen LogP contribution in [0.1, 0.15) is 44.9 Å². The first-order valence-corrected chi connectivity index (χ1v) is 9.05. The highest BCUT2D eigenvalue weighted by Gasteiger charge is 2.43. The predicted molar refractivity (Wildman–Crippen MR) is 81.6 cm³/mol. The van der Waals surface area contributed by atoms with E-state index in [2.05, 4.69) is 23.7 Å². The van der Waals surface area contributed by atoms with Crippen molar-refractivity contribution in [2.45, 2.75) is 68.7 Å². The minimum Gasteiger partial charge on any atom is -0.374 e. The zero-order chi connectivity index (χ0) is 13.3. The molecule has 2 heterocycles. The smallest absolute Gasteiger partial charge is 0.0795 e. The van der Waals surface area contributed by atoms with Crippen LogP contribution in [0.2, 0.25) is 0 Å². The van der Waals surface area contributed by atoms with E-state index in [1.165, 1.54) is 56.5 Å². The fourth-order valence-electron chi connectivity index (χ4n) is 4.13. The largest absolute Gasteiger partial charge is 0.374 e. The molecular formula is C15H28N2OS. The number of likely N-dealkylation sites (N-methyl/N-ethyl adjacent to an activating group) is 1. The van der Waals surface area contributed by atoms with Crippen molar-refractivity contribution in [2.75, 3.05) is 25.2 Å². The van der Waals surface area contributed by atoms with Gasteiger partial charge in [0.15, 0.2) is 0 Å². The van der Waals surface area contributed by atoms with Gasteiger partial charge >= 0.3 is 0 Å². The fourth-order valence-corrected chi connectivity index (χ4v) is 5.51. The number of ether oxygens (including phenoxy) is 1. The summed E-state index contributed by atoms with van der Waals surface area (Å²) >= 11 is 2.06. The summed E-state index contributed by atoms with van der Waals surface area (Å²) in [5.41, 5.74) is 6.55. The highest BCUT2D eigenvalue weighted by molar-refractivity contribution is 7.99. The number of rotatable bonds is 2. The maximum Gasteiger partial charge on any atom is 0.0795 e. The standard InChI is InChI=1S/C15H28N2OS/c1-17(14-5-3-2-4-13(14)16)12-6-8-18-15(10-12)7-9-19-11-15/h12-14H,2-11,16H2,1H3. The number of hydrogen-bond donors (Lipinski definition) is 1. The summed E-state index contributed by atoms with van der Waals surface area (Å²) in [6.45, 7) is 0.942. The van der Waals surface area contributed by atoms with Crippen molar-refractivity contribution in [3.8, 4) is 0 Å². The van der Waals surface area contributed by atoms with Crippen molar-refractivity contribution >= 4 is 11.8 Å². The summed E-state index contributed by atoms with van der Waals surface area (Å²) in [6, 6.07) is 1.67. The molecule has 3 nitrogen and oxygen atoms in total. The lowest BCUT2D eigenvalue weighted by Crippen LogP contribution is -2.55. The average Bonchev–Trinajstić information content (AvgIpc) is 2.86. The van der Waals surface area contributed by atoms with Crippen molar-refractivity contribution in [3.63, 3.8) is 0 Å². The third-order valence-electron chi connectivity index (χ3n) is 5.41. The maximum atomic E-state index is 6.35. The van der Waals surface area contributed by atoms with Crippen LogP contribution in [0.25, 0.3) is 0 Å². The van der Waals surface area contributed by atoms with Crippen molar-refractivity contribution in [1.82, 2.24) is 4.90 Å². The molecule has 2 saturated heterocycles. The van der Waals surface area contributed by atoms with Crippen LogP contribution >= 0.6 is 11.8 Å². The number of thioether (sulfide) groups is 1. The Labute approximate surface area is 121 Å². The predicted octanol–water partition coefficient (Wildman–Crippen LogP) is 2.24. The molecule has 4 heteroatoms. The van der Waals surface area contributed by atoms with Gasteiger partial charge in [0.2, 0.25) is 0 Å². The van der Waals surface area contributed by atoms with E-state index in [9.17, 15) is 0 Å². The van der Waals surface area contributed by atoms with Gasteiger partial charge in [0.1, 0.15) is 0 Å². The highest BCUT2D eigenvalue weighted by atomic mass is 32.2. The molecule has 1 spiro atoms. The molecule has 3 fully saturated rings. The molecule has 2 N–H and O–H groups in total. The van der Waals surface area contributed by atoms with Gasteiger partial charge in [0, 0.05) is 30.5 Å². The topological polar surface area (TPSA) is 38.5 Å². The molecule has 1 saturated carbocycles. The number of nitrogens with zero attached hydrogens (tertiary/aromatic N) is 1. The summed E-state index contributed by atoms with van der Waals surface area (Å²) in [5.74, 6) is 2.48. The van der Waals surface area contributed by atoms with E-state index in [1.807, 2.05) is 0 Å². The molecule has 1 aliphatic carbocycles. The van der Waals surface area contributed by atoms with E-state index in [0.29, 0.717) is 18.1 Å². The van der Waals surface area contributed by atoms with Gasteiger partial charge in [-0.15, -0.1) is 0 Å². The molecule has 0 amide bonds. The molecule has 0 aromatic carbocycles. The number of nitrogens with two attached hydrogens (primary N) is 1. The van der Waals surface area contributed by atoms with Gasteiger partial charge in [0.25, 0.3) is 0 Å². The second-order valence-electron chi connectivity index (χ2n) is 6.66. The molecule has 0 bridgehead atoms. The summed E-state index contributed by atoms with van der Waals surface area (Å²) in [6.07, 6.45) is 8.83. The minimum atomic E-state index is 0.195. The van der Waals surface area contributed by atoms with Crippen LogP contribution in [0.4, 0.5) is 0 Å². The molecule has 2 aliphatic heterocycles. The van der Waals surface area contributed by atoms with Gasteiger partial charge in [-0.2, -0.15) is 11.8 Å². The van der Waals surface area contributed by atoms with Crippen LogP contribution < -0.4 is 5.73 Å². The van der Waals surface area contributed by atoms with E-state index in [0.717, 1.165) is 6.61 Å². The van der Waals surface area contributed by atoms with Crippen molar-refractivity contribution in [2.24, 2.45) is 5.73 Å². The Morgan fingerprint density at radius 3 is 2.84 bits per heavy atom. The zero-order valence-electron chi connectivity index (χ0n) is 12.1. The Bertz CT molecular complexity index is 307. The van der Waals surface area contributed by atoms with E-state index in [-0.39, 0.29) is 5.60 Å². The Morgan fingerprint density at radius 2 is 2.11 bits per heavy atom. The average molecular weight is 284 g/mol. The quantitative estimate of drug-likeness (QED) is 0.844. The van der Waals surface area contributed by atoms with Gasteiger partial charge in [-0.25, -0.2) is 0 Å². The lowest BCUT2D eigenvalue weighted by molar-refractivity contribution is -0.0937. The van der Waals surface area contributed by atoms with Gasteiger partial charge in [-0.1, -0.05) is 12.8 Å². The van der Waals surface area contributed by atoms with Crippen molar-refractivity contribution < 1.29 is 4.74 Å². The first-order valence-electron chi connectivity index (χ1n) is 7.89. The lowest BCUT2D eigenvalue weighted by atomic mass is 9.85. The van der Waals surface area contributed by atoms with Gasteiger partial charge in [0.05, 0.1) is 5.60 Å².